The topological polar surface area (TPSA) is 86.2 Å². The Labute approximate surface area is 177 Å². The van der Waals surface area contributed by atoms with Crippen LogP contribution in [0.25, 0.3) is 0 Å². The van der Waals surface area contributed by atoms with Gasteiger partial charge in [0, 0.05) is 13.5 Å². The SMILES string of the molecule is Cc1ncc(O[C@@]2(c3cccc(F)c3)C[C@H]2C(=O)Nc2ccc(F)cn2)c(CO[11CH3])n1. The summed E-state index contributed by atoms with van der Waals surface area (Å²) < 4.78 is 38.5. The first-order valence-electron chi connectivity index (χ1n) is 9.60. The predicted molar refractivity (Wildman–Crippen MR) is 107 cm³/mol. The molecule has 2 aromatic heterocycles. The van der Waals surface area contributed by atoms with E-state index in [1.54, 1.807) is 19.1 Å². The highest BCUT2D eigenvalue weighted by molar-refractivity contribution is 5.95. The van der Waals surface area contributed by atoms with Crippen molar-refractivity contribution < 1.29 is 23.0 Å². The monoisotopic (exact) mass is 425 g/mol. The Hall–Kier alpha value is -3.46. The Morgan fingerprint density at radius 3 is 2.74 bits per heavy atom. The number of amides is 1. The van der Waals surface area contributed by atoms with Crippen molar-refractivity contribution in [3.63, 3.8) is 0 Å². The minimum Gasteiger partial charge on any atom is -0.478 e. The lowest BCUT2D eigenvalue weighted by Crippen LogP contribution is -2.27. The summed E-state index contributed by atoms with van der Waals surface area (Å²) in [5, 5.41) is 2.66. The van der Waals surface area contributed by atoms with Crippen LogP contribution in [-0.2, 0) is 21.7 Å². The quantitative estimate of drug-likeness (QED) is 0.623. The van der Waals surface area contributed by atoms with Gasteiger partial charge in [-0.1, -0.05) is 12.1 Å². The largest absolute Gasteiger partial charge is 0.478 e. The van der Waals surface area contributed by atoms with Crippen molar-refractivity contribution in [2.45, 2.75) is 25.6 Å². The van der Waals surface area contributed by atoms with Crippen molar-refractivity contribution >= 4 is 11.7 Å². The van der Waals surface area contributed by atoms with Crippen LogP contribution in [0.2, 0.25) is 0 Å². The fraction of sp³-hybridized carbons (Fsp3) is 0.273. The molecule has 3 aromatic rings. The van der Waals surface area contributed by atoms with Crippen molar-refractivity contribution in [1.82, 2.24) is 15.0 Å². The van der Waals surface area contributed by atoms with E-state index in [2.05, 4.69) is 20.3 Å². The molecule has 1 saturated carbocycles. The third-order valence-electron chi connectivity index (χ3n) is 5.04. The summed E-state index contributed by atoms with van der Waals surface area (Å²) in [6, 6.07) is 8.50. The van der Waals surface area contributed by atoms with Crippen molar-refractivity contribution in [2.75, 3.05) is 12.4 Å². The molecular formula is C22H20F2N4O3. The van der Waals surface area contributed by atoms with Crippen molar-refractivity contribution in [1.29, 1.82) is 0 Å². The summed E-state index contributed by atoms with van der Waals surface area (Å²) in [6.45, 7) is 1.93. The number of methoxy groups -OCH3 is 1. The van der Waals surface area contributed by atoms with Gasteiger partial charge in [-0.15, -0.1) is 0 Å². The van der Waals surface area contributed by atoms with E-state index in [9.17, 15) is 13.6 Å². The average molecular weight is 425 g/mol. The van der Waals surface area contributed by atoms with E-state index in [0.717, 1.165) is 6.20 Å². The van der Waals surface area contributed by atoms with Crippen LogP contribution in [0.3, 0.4) is 0 Å². The molecule has 0 saturated heterocycles. The lowest BCUT2D eigenvalue weighted by molar-refractivity contribution is -0.118. The van der Waals surface area contributed by atoms with E-state index in [-0.39, 0.29) is 18.3 Å². The van der Waals surface area contributed by atoms with Gasteiger partial charge >= 0.3 is 0 Å². The molecular weight excluding hydrogens is 405 g/mol. The van der Waals surface area contributed by atoms with E-state index >= 15 is 0 Å². The summed E-state index contributed by atoms with van der Waals surface area (Å²) in [5.74, 6) is -0.831. The van der Waals surface area contributed by atoms with Gasteiger partial charge in [0.2, 0.25) is 5.91 Å². The maximum Gasteiger partial charge on any atom is 0.233 e. The Bertz CT molecular complexity index is 1110. The second-order valence-corrected chi connectivity index (χ2v) is 7.27. The van der Waals surface area contributed by atoms with Crippen molar-refractivity contribution in [3.05, 3.63) is 77.5 Å². The van der Waals surface area contributed by atoms with Crippen LogP contribution in [-0.4, -0.2) is 28.0 Å². The van der Waals surface area contributed by atoms with Crippen LogP contribution >= 0.6 is 0 Å². The summed E-state index contributed by atoms with van der Waals surface area (Å²) in [7, 11) is 1.53. The van der Waals surface area contributed by atoms with Crippen molar-refractivity contribution in [3.8, 4) is 5.75 Å². The number of benzene rings is 1. The van der Waals surface area contributed by atoms with Crippen LogP contribution in [0.15, 0.2) is 48.8 Å². The van der Waals surface area contributed by atoms with Crippen LogP contribution in [0.1, 0.15) is 23.5 Å². The lowest BCUT2D eigenvalue weighted by atomic mass is 10.0. The zero-order valence-corrected chi connectivity index (χ0v) is 16.9. The maximum absolute atomic E-state index is 14.0. The number of carbonyl (C=O) groups excluding carboxylic acids is 1. The molecule has 1 aliphatic carbocycles. The molecule has 9 heteroatoms. The molecule has 2 atom stereocenters. The number of nitrogens with one attached hydrogen (secondary N) is 1. The zero-order chi connectivity index (χ0) is 22.0. The summed E-state index contributed by atoms with van der Waals surface area (Å²) >= 11 is 0. The molecule has 0 bridgehead atoms. The maximum atomic E-state index is 14.0. The van der Waals surface area contributed by atoms with E-state index in [0.29, 0.717) is 29.3 Å². The molecule has 1 aromatic carbocycles. The number of ether oxygens (including phenoxy) is 2. The standard InChI is InChI=1S/C22H20F2N4O3/c1-13-25-11-19(18(27-13)12-30-2)31-22(14-4-3-5-15(23)8-14)9-17(22)21(29)28-20-7-6-16(24)10-26-20/h3-8,10-11,17H,9,12H2,1-2H3,(H,26,28,29)/t17-,22+/m0/s1/i2-1. The number of hydrogen-bond acceptors (Lipinski definition) is 6. The number of hydrogen-bond donors (Lipinski definition) is 1. The van der Waals surface area contributed by atoms with Gasteiger partial charge in [-0.25, -0.2) is 23.7 Å². The Morgan fingerprint density at radius 2 is 2.03 bits per heavy atom. The van der Waals surface area contributed by atoms with Gasteiger partial charge in [0.15, 0.2) is 5.75 Å². The minimum atomic E-state index is -1.10. The average Bonchev–Trinajstić information content (AvgIpc) is 3.48. The van der Waals surface area contributed by atoms with Crippen LogP contribution in [0.5, 0.6) is 5.75 Å². The molecule has 2 heterocycles. The highest BCUT2D eigenvalue weighted by atomic mass is 19.1. The molecule has 1 N–H and O–H groups in total. The minimum absolute atomic E-state index is 0.189. The summed E-state index contributed by atoms with van der Waals surface area (Å²) in [4.78, 5) is 25.3. The molecule has 7 nitrogen and oxygen atoms in total. The van der Waals surface area contributed by atoms with E-state index < -0.39 is 23.2 Å². The molecule has 4 rings (SSSR count). The fourth-order valence-corrected chi connectivity index (χ4v) is 3.48. The molecule has 0 unspecified atom stereocenters. The number of aryl methyl sites for hydroxylation is 1. The molecule has 0 spiro atoms. The second kappa shape index (κ2) is 8.35. The number of rotatable bonds is 7. The molecule has 31 heavy (non-hydrogen) atoms. The number of pyridine rings is 1. The van der Waals surface area contributed by atoms with Gasteiger partial charge in [0.05, 0.1) is 24.9 Å². The van der Waals surface area contributed by atoms with Gasteiger partial charge in [-0.05, 0) is 36.8 Å². The number of nitrogens with zero attached hydrogens (tertiary/aromatic N) is 3. The first kappa shape index (κ1) is 20.8. The summed E-state index contributed by atoms with van der Waals surface area (Å²) in [5.41, 5.74) is -0.0615. The highest BCUT2D eigenvalue weighted by Gasteiger charge is 2.62. The van der Waals surface area contributed by atoms with Gasteiger partial charge in [-0.2, -0.15) is 0 Å². The van der Waals surface area contributed by atoms with Crippen LogP contribution in [0, 0.1) is 24.5 Å². The molecule has 1 fully saturated rings. The van der Waals surface area contributed by atoms with E-state index in [1.165, 1.54) is 37.6 Å². The van der Waals surface area contributed by atoms with Crippen molar-refractivity contribution in [2.24, 2.45) is 5.92 Å². The predicted octanol–water partition coefficient (Wildman–Crippen LogP) is 3.54. The normalized spacial score (nSPS) is 19.7. The van der Waals surface area contributed by atoms with Crippen LogP contribution < -0.4 is 10.1 Å². The Balaban J connectivity index is 1.65. The molecule has 1 amide bonds. The van der Waals surface area contributed by atoms with Crippen LogP contribution in [0.4, 0.5) is 14.6 Å². The third kappa shape index (κ3) is 4.36. The number of anilines is 1. The highest BCUT2D eigenvalue weighted by Crippen LogP contribution is 2.56. The Kier molecular flexibility index (Phi) is 5.60. The fourth-order valence-electron chi connectivity index (χ4n) is 3.48. The number of halogens is 2. The van der Waals surface area contributed by atoms with Gasteiger partial charge in [0.1, 0.15) is 34.6 Å². The molecule has 1 aliphatic rings. The van der Waals surface area contributed by atoms with E-state index in [4.69, 9.17) is 9.47 Å². The van der Waals surface area contributed by atoms with Gasteiger partial charge < -0.3 is 14.8 Å². The van der Waals surface area contributed by atoms with E-state index in [1.807, 2.05) is 0 Å². The second-order valence-electron chi connectivity index (χ2n) is 7.27. The molecule has 0 radical (unpaired) electrons. The smallest absolute Gasteiger partial charge is 0.233 e. The number of carbonyl (C=O) groups is 1. The Morgan fingerprint density at radius 1 is 1.19 bits per heavy atom. The zero-order valence-electron chi connectivity index (χ0n) is 16.9. The lowest BCUT2D eigenvalue weighted by Gasteiger charge is -2.22. The first-order chi connectivity index (χ1) is 14.9. The summed E-state index contributed by atoms with van der Waals surface area (Å²) in [6.07, 6.45) is 2.84. The van der Waals surface area contributed by atoms with Gasteiger partial charge in [-0.3, -0.25) is 4.79 Å². The number of aromatic nitrogens is 3. The molecule has 0 aliphatic heterocycles. The third-order valence-corrected chi connectivity index (χ3v) is 5.04. The molecule has 160 valence electrons. The first-order valence-corrected chi connectivity index (χ1v) is 9.60. The van der Waals surface area contributed by atoms with Gasteiger partial charge in [0.25, 0.3) is 0 Å².